The highest BCUT2D eigenvalue weighted by molar-refractivity contribution is 6.43. The highest BCUT2D eigenvalue weighted by Crippen LogP contribution is 2.26. The predicted molar refractivity (Wildman–Crippen MR) is 75.9 cm³/mol. The van der Waals surface area contributed by atoms with Crippen molar-refractivity contribution in [1.29, 1.82) is 0 Å². The van der Waals surface area contributed by atoms with Gasteiger partial charge >= 0.3 is 5.97 Å². The molecule has 0 amide bonds. The number of oxime groups is 1. The number of rotatable bonds is 5. The van der Waals surface area contributed by atoms with Crippen molar-refractivity contribution < 1.29 is 23.8 Å². The van der Waals surface area contributed by atoms with E-state index < -0.39 is 12.3 Å². The van der Waals surface area contributed by atoms with Crippen LogP contribution in [0, 0.1) is 0 Å². The van der Waals surface area contributed by atoms with Gasteiger partial charge < -0.3 is 19.0 Å². The topological polar surface area (TPSA) is 66.4 Å². The molecular formula is C15H19NO5. The molecule has 114 valence electrons. The largest absolute Gasteiger partial charge is 0.461 e. The van der Waals surface area contributed by atoms with E-state index in [1.54, 1.807) is 13.0 Å². The predicted octanol–water partition coefficient (Wildman–Crippen LogP) is 2.04. The normalized spacial score (nSPS) is 16.6. The lowest BCUT2D eigenvalue weighted by atomic mass is 10.0. The molecule has 0 spiro atoms. The molecule has 0 bridgehead atoms. The van der Waals surface area contributed by atoms with Crippen LogP contribution in [-0.2, 0) is 23.8 Å². The van der Waals surface area contributed by atoms with E-state index >= 15 is 0 Å². The highest BCUT2D eigenvalue weighted by atomic mass is 16.7. The number of nitrogens with zero attached hydrogens (tertiary/aromatic N) is 1. The summed E-state index contributed by atoms with van der Waals surface area (Å²) in [5.74, 6) is -0.539. The average Bonchev–Trinajstić information content (AvgIpc) is 2.54. The van der Waals surface area contributed by atoms with Crippen LogP contribution in [0.5, 0.6) is 0 Å². The second kappa shape index (κ2) is 7.75. The zero-order valence-corrected chi connectivity index (χ0v) is 12.2. The molecule has 0 radical (unpaired) electrons. The molecule has 1 aliphatic heterocycles. The lowest BCUT2D eigenvalue weighted by molar-refractivity contribution is -0.183. The minimum absolute atomic E-state index is 0.104. The fourth-order valence-electron chi connectivity index (χ4n) is 2.07. The van der Waals surface area contributed by atoms with E-state index in [4.69, 9.17) is 19.0 Å². The Hall–Kier alpha value is -1.92. The molecule has 1 heterocycles. The summed E-state index contributed by atoms with van der Waals surface area (Å²) in [6, 6.07) is 7.28. The molecule has 6 nitrogen and oxygen atoms in total. The van der Waals surface area contributed by atoms with E-state index in [0.29, 0.717) is 18.8 Å². The van der Waals surface area contributed by atoms with Gasteiger partial charge in [0.25, 0.3) is 0 Å². The molecule has 0 atom stereocenters. The summed E-state index contributed by atoms with van der Waals surface area (Å²) >= 11 is 0. The van der Waals surface area contributed by atoms with Crippen LogP contribution >= 0.6 is 0 Å². The third-order valence-electron chi connectivity index (χ3n) is 2.95. The Balaban J connectivity index is 2.36. The highest BCUT2D eigenvalue weighted by Gasteiger charge is 2.25. The second-order valence-corrected chi connectivity index (χ2v) is 4.36. The molecule has 21 heavy (non-hydrogen) atoms. The van der Waals surface area contributed by atoms with Crippen molar-refractivity contribution >= 4 is 11.7 Å². The van der Waals surface area contributed by atoms with Gasteiger partial charge in [-0.3, -0.25) is 0 Å². The maximum absolute atomic E-state index is 12.1. The monoisotopic (exact) mass is 293 g/mol. The zero-order chi connectivity index (χ0) is 15.1. The van der Waals surface area contributed by atoms with Crippen LogP contribution in [0.15, 0.2) is 29.4 Å². The van der Waals surface area contributed by atoms with Gasteiger partial charge in [-0.1, -0.05) is 29.4 Å². The summed E-state index contributed by atoms with van der Waals surface area (Å²) in [5.41, 5.74) is 1.43. The Morgan fingerprint density at radius 3 is 2.71 bits per heavy atom. The van der Waals surface area contributed by atoms with E-state index in [1.165, 1.54) is 7.11 Å². The first-order chi connectivity index (χ1) is 10.3. The number of carbonyl (C=O) groups excluding carboxylic acids is 1. The Morgan fingerprint density at radius 2 is 2.05 bits per heavy atom. The number of hydrogen-bond donors (Lipinski definition) is 0. The number of benzene rings is 1. The van der Waals surface area contributed by atoms with Crippen LogP contribution in [0.4, 0.5) is 0 Å². The fraction of sp³-hybridized carbons (Fsp3) is 0.467. The van der Waals surface area contributed by atoms with E-state index in [0.717, 1.165) is 12.0 Å². The molecule has 1 aromatic rings. The SMILES string of the molecule is CCOC(=O)/C(=N\OC)c1ccccc1C1OCCCO1. The molecule has 2 rings (SSSR count). The quantitative estimate of drug-likeness (QED) is 0.472. The third-order valence-corrected chi connectivity index (χ3v) is 2.95. The fourth-order valence-corrected chi connectivity index (χ4v) is 2.07. The summed E-state index contributed by atoms with van der Waals surface area (Å²) in [4.78, 5) is 16.8. The van der Waals surface area contributed by atoms with E-state index in [9.17, 15) is 4.79 Å². The lowest BCUT2D eigenvalue weighted by Crippen LogP contribution is -2.24. The van der Waals surface area contributed by atoms with E-state index in [2.05, 4.69) is 5.16 Å². The first-order valence-corrected chi connectivity index (χ1v) is 6.88. The smallest absolute Gasteiger partial charge is 0.361 e. The summed E-state index contributed by atoms with van der Waals surface area (Å²) in [7, 11) is 1.38. The minimum Gasteiger partial charge on any atom is -0.461 e. The Kier molecular flexibility index (Phi) is 5.71. The van der Waals surface area contributed by atoms with Crippen LogP contribution in [0.3, 0.4) is 0 Å². The molecule has 1 saturated heterocycles. The summed E-state index contributed by atoms with van der Waals surface area (Å²) in [5, 5.41) is 3.80. The third kappa shape index (κ3) is 3.80. The number of carbonyl (C=O) groups is 1. The van der Waals surface area contributed by atoms with Crippen LogP contribution in [0.25, 0.3) is 0 Å². The van der Waals surface area contributed by atoms with Gasteiger partial charge in [0.15, 0.2) is 12.0 Å². The minimum atomic E-state index is -0.539. The van der Waals surface area contributed by atoms with Crippen molar-refractivity contribution in [1.82, 2.24) is 0 Å². The van der Waals surface area contributed by atoms with Crippen LogP contribution in [0.2, 0.25) is 0 Å². The van der Waals surface area contributed by atoms with Crippen molar-refractivity contribution in [2.24, 2.45) is 5.16 Å². The lowest BCUT2D eigenvalue weighted by Gasteiger charge is -2.25. The Bertz CT molecular complexity index is 509. The Morgan fingerprint density at radius 1 is 1.33 bits per heavy atom. The average molecular weight is 293 g/mol. The van der Waals surface area contributed by atoms with Crippen LogP contribution < -0.4 is 0 Å². The molecule has 1 aliphatic rings. The molecule has 0 unspecified atom stereocenters. The number of hydrogen-bond acceptors (Lipinski definition) is 6. The molecular weight excluding hydrogens is 274 g/mol. The van der Waals surface area contributed by atoms with Gasteiger partial charge in [0.2, 0.25) is 0 Å². The van der Waals surface area contributed by atoms with Gasteiger partial charge in [-0.15, -0.1) is 0 Å². The summed E-state index contributed by atoms with van der Waals surface area (Å²) in [6.45, 7) is 3.24. The van der Waals surface area contributed by atoms with Crippen LogP contribution in [-0.4, -0.2) is 38.6 Å². The zero-order valence-electron chi connectivity index (χ0n) is 12.2. The first-order valence-electron chi connectivity index (χ1n) is 6.88. The van der Waals surface area contributed by atoms with Crippen molar-refractivity contribution in [3.63, 3.8) is 0 Å². The molecule has 1 aromatic carbocycles. The molecule has 0 saturated carbocycles. The number of ether oxygens (including phenoxy) is 3. The molecule has 0 N–H and O–H groups in total. The van der Waals surface area contributed by atoms with Gasteiger partial charge in [-0.25, -0.2) is 4.79 Å². The van der Waals surface area contributed by atoms with Crippen molar-refractivity contribution in [3.8, 4) is 0 Å². The van der Waals surface area contributed by atoms with Crippen molar-refractivity contribution in [2.45, 2.75) is 19.6 Å². The van der Waals surface area contributed by atoms with Crippen LogP contribution in [0.1, 0.15) is 30.8 Å². The van der Waals surface area contributed by atoms with Gasteiger partial charge in [-0.05, 0) is 13.3 Å². The maximum atomic E-state index is 12.1. The van der Waals surface area contributed by atoms with Gasteiger partial charge in [0.05, 0.1) is 19.8 Å². The van der Waals surface area contributed by atoms with Crippen molar-refractivity contribution in [2.75, 3.05) is 26.9 Å². The number of esters is 1. The molecule has 1 fully saturated rings. The maximum Gasteiger partial charge on any atom is 0.361 e. The second-order valence-electron chi connectivity index (χ2n) is 4.36. The summed E-state index contributed by atoms with van der Waals surface area (Å²) in [6.07, 6.45) is 0.349. The molecule has 0 aromatic heterocycles. The van der Waals surface area contributed by atoms with E-state index in [1.807, 2.05) is 18.2 Å². The molecule has 0 aliphatic carbocycles. The van der Waals surface area contributed by atoms with Crippen molar-refractivity contribution in [3.05, 3.63) is 35.4 Å². The van der Waals surface area contributed by atoms with Gasteiger partial charge in [0, 0.05) is 11.1 Å². The standard InChI is InChI=1S/C15H19NO5/c1-3-19-14(17)13(16-18-2)11-7-4-5-8-12(11)15-20-9-6-10-21-15/h4-5,7-8,15H,3,6,9-10H2,1-2H3/b16-13-. The van der Waals surface area contributed by atoms with Gasteiger partial charge in [-0.2, -0.15) is 0 Å². The van der Waals surface area contributed by atoms with Gasteiger partial charge in [0.1, 0.15) is 7.11 Å². The first kappa shape index (κ1) is 15.5. The Labute approximate surface area is 123 Å². The van der Waals surface area contributed by atoms with E-state index in [-0.39, 0.29) is 12.3 Å². The summed E-state index contributed by atoms with van der Waals surface area (Å²) < 4.78 is 16.2. The molecule has 6 heteroatoms.